The van der Waals surface area contributed by atoms with Gasteiger partial charge in [-0.3, -0.25) is 14.9 Å². The lowest BCUT2D eigenvalue weighted by Gasteiger charge is -2.09. The van der Waals surface area contributed by atoms with E-state index < -0.39 is 11.8 Å². The molecule has 0 radical (unpaired) electrons. The highest BCUT2D eigenvalue weighted by molar-refractivity contribution is 7.22. The number of phenolic OH excluding ortho intramolecular Hbond substituents is 1. The summed E-state index contributed by atoms with van der Waals surface area (Å²) in [5, 5.41) is 17.8. The van der Waals surface area contributed by atoms with Gasteiger partial charge in [-0.2, -0.15) is 0 Å². The molecule has 2 amide bonds. The summed E-state index contributed by atoms with van der Waals surface area (Å²) in [7, 11) is 0. The normalized spacial score (nSPS) is 13.4. The van der Waals surface area contributed by atoms with Crippen molar-refractivity contribution in [2.75, 3.05) is 5.32 Å². The van der Waals surface area contributed by atoms with Crippen molar-refractivity contribution >= 4 is 62.9 Å². The van der Waals surface area contributed by atoms with E-state index in [0.29, 0.717) is 17.2 Å². The number of amides is 2. The zero-order valence-electron chi connectivity index (χ0n) is 16.9. The van der Waals surface area contributed by atoms with Gasteiger partial charge < -0.3 is 10.4 Å². The number of carbonyl (C=O) groups excluding carboxylic acids is 2. The molecule has 4 heterocycles. The number of aromatic nitrogens is 2. The molecule has 1 aromatic carbocycles. The molecular weight excluding hydrogens is 468 g/mol. The summed E-state index contributed by atoms with van der Waals surface area (Å²) in [4.78, 5) is 36.3. The van der Waals surface area contributed by atoms with Crippen LogP contribution in [-0.2, 0) is 9.59 Å². The summed E-state index contributed by atoms with van der Waals surface area (Å²) >= 11 is 3.04. The van der Waals surface area contributed by atoms with Gasteiger partial charge in [0.15, 0.2) is 5.82 Å². The maximum Gasteiger partial charge on any atom is 0.275 e. The maximum absolute atomic E-state index is 12.3. The van der Waals surface area contributed by atoms with Crippen molar-refractivity contribution in [1.82, 2.24) is 15.3 Å². The molecule has 162 valence electrons. The Labute approximate surface area is 197 Å². The summed E-state index contributed by atoms with van der Waals surface area (Å²) < 4.78 is 0. The SMILES string of the molecule is CC1=C(Nc2nc(-c3cccs3)nc3sc(-c4ccc(O)cc4)c(C)c23)C(=O)NC1=O.Cl. The number of hydrogen-bond donors (Lipinski definition) is 3. The first kappa shape index (κ1) is 21.9. The number of nitrogens with one attached hydrogen (secondary N) is 2. The standard InChI is InChI=1S/C22H16N4O3S2.ClH/c1-10-15-19(23-16-11(2)20(28)26-21(16)29)24-18(14-4-3-9-30-14)25-22(15)31-17(10)12-5-7-13(27)8-6-12;/h3-9,27H,1-2H3,(H2,23,24,25,26,28,29);1H. The van der Waals surface area contributed by atoms with Crippen LogP contribution in [0.2, 0.25) is 0 Å². The number of fused-ring (bicyclic) bond motifs is 1. The Kier molecular flexibility index (Phi) is 5.72. The highest BCUT2D eigenvalue weighted by Crippen LogP contribution is 2.42. The molecule has 5 rings (SSSR count). The van der Waals surface area contributed by atoms with Crippen molar-refractivity contribution < 1.29 is 14.7 Å². The predicted molar refractivity (Wildman–Crippen MR) is 129 cm³/mol. The second kappa shape index (κ2) is 8.34. The Hall–Kier alpha value is -3.27. The van der Waals surface area contributed by atoms with Crippen molar-refractivity contribution in [3.8, 4) is 26.9 Å². The van der Waals surface area contributed by atoms with Crippen LogP contribution in [0.5, 0.6) is 5.75 Å². The molecule has 0 spiro atoms. The average molecular weight is 485 g/mol. The minimum atomic E-state index is -0.474. The van der Waals surface area contributed by atoms with Crippen LogP contribution in [0.1, 0.15) is 12.5 Å². The number of anilines is 1. The minimum Gasteiger partial charge on any atom is -0.508 e. The van der Waals surface area contributed by atoms with E-state index >= 15 is 0 Å². The first-order valence-electron chi connectivity index (χ1n) is 9.40. The van der Waals surface area contributed by atoms with E-state index in [0.717, 1.165) is 31.1 Å². The molecule has 0 unspecified atom stereocenters. The molecule has 32 heavy (non-hydrogen) atoms. The number of aryl methyl sites for hydroxylation is 1. The fourth-order valence-corrected chi connectivity index (χ4v) is 5.29. The van der Waals surface area contributed by atoms with Gasteiger partial charge in [-0.15, -0.1) is 35.1 Å². The van der Waals surface area contributed by atoms with E-state index in [1.807, 2.05) is 36.6 Å². The third-order valence-electron chi connectivity index (χ3n) is 5.07. The van der Waals surface area contributed by atoms with Crippen LogP contribution in [0.4, 0.5) is 5.82 Å². The van der Waals surface area contributed by atoms with Crippen LogP contribution in [0.3, 0.4) is 0 Å². The summed E-state index contributed by atoms with van der Waals surface area (Å²) in [5.74, 6) is 0.337. The van der Waals surface area contributed by atoms with E-state index in [2.05, 4.69) is 10.6 Å². The van der Waals surface area contributed by atoms with Gasteiger partial charge in [0.25, 0.3) is 11.8 Å². The number of imide groups is 1. The van der Waals surface area contributed by atoms with Crippen molar-refractivity contribution in [3.05, 3.63) is 58.6 Å². The van der Waals surface area contributed by atoms with Gasteiger partial charge in [0, 0.05) is 10.5 Å². The van der Waals surface area contributed by atoms with Crippen molar-refractivity contribution in [2.45, 2.75) is 13.8 Å². The summed E-state index contributed by atoms with van der Waals surface area (Å²) in [6, 6.07) is 10.9. The number of thiophene rings is 2. The summed E-state index contributed by atoms with van der Waals surface area (Å²) in [6.45, 7) is 3.57. The number of nitrogens with zero attached hydrogens (tertiary/aromatic N) is 2. The second-order valence-electron chi connectivity index (χ2n) is 7.06. The zero-order chi connectivity index (χ0) is 21.7. The molecule has 0 fully saturated rings. The monoisotopic (exact) mass is 484 g/mol. The van der Waals surface area contributed by atoms with E-state index in [4.69, 9.17) is 9.97 Å². The van der Waals surface area contributed by atoms with Gasteiger partial charge in [-0.25, -0.2) is 9.97 Å². The second-order valence-corrected chi connectivity index (χ2v) is 9.01. The molecule has 0 saturated heterocycles. The molecule has 1 aliphatic heterocycles. The minimum absolute atomic E-state index is 0. The topological polar surface area (TPSA) is 104 Å². The predicted octanol–water partition coefficient (Wildman–Crippen LogP) is 4.86. The van der Waals surface area contributed by atoms with Crippen LogP contribution >= 0.6 is 35.1 Å². The van der Waals surface area contributed by atoms with Crippen LogP contribution in [0.15, 0.2) is 53.0 Å². The summed E-state index contributed by atoms with van der Waals surface area (Å²) in [5.41, 5.74) is 2.42. The Bertz CT molecular complexity index is 1390. The van der Waals surface area contributed by atoms with Crippen molar-refractivity contribution in [2.24, 2.45) is 0 Å². The lowest BCUT2D eigenvalue weighted by atomic mass is 10.1. The van der Waals surface area contributed by atoms with Crippen molar-refractivity contribution in [1.29, 1.82) is 0 Å². The third kappa shape index (κ3) is 3.64. The van der Waals surface area contributed by atoms with E-state index in [1.165, 1.54) is 22.7 Å². The van der Waals surface area contributed by atoms with Gasteiger partial charge in [0.1, 0.15) is 22.1 Å². The average Bonchev–Trinajstić information content (AvgIpc) is 3.45. The maximum atomic E-state index is 12.3. The molecule has 1 aliphatic rings. The third-order valence-corrected chi connectivity index (χ3v) is 7.17. The number of hydrogen-bond acceptors (Lipinski definition) is 8. The highest BCUT2D eigenvalue weighted by atomic mass is 35.5. The van der Waals surface area contributed by atoms with Crippen LogP contribution < -0.4 is 10.6 Å². The molecule has 7 nitrogen and oxygen atoms in total. The Morgan fingerprint density at radius 2 is 1.78 bits per heavy atom. The van der Waals surface area contributed by atoms with Gasteiger partial charge >= 0.3 is 0 Å². The van der Waals surface area contributed by atoms with E-state index in [9.17, 15) is 14.7 Å². The zero-order valence-corrected chi connectivity index (χ0v) is 19.4. The number of phenols is 1. The molecule has 0 atom stereocenters. The van der Waals surface area contributed by atoms with E-state index in [1.54, 1.807) is 19.1 Å². The number of rotatable bonds is 4. The Morgan fingerprint density at radius 3 is 2.41 bits per heavy atom. The highest BCUT2D eigenvalue weighted by Gasteiger charge is 2.29. The fraction of sp³-hybridized carbons (Fsp3) is 0.0909. The van der Waals surface area contributed by atoms with Gasteiger partial charge in [-0.1, -0.05) is 6.07 Å². The van der Waals surface area contributed by atoms with Crippen LogP contribution in [0, 0.1) is 6.92 Å². The van der Waals surface area contributed by atoms with Gasteiger partial charge in [0.2, 0.25) is 0 Å². The summed E-state index contributed by atoms with van der Waals surface area (Å²) in [6.07, 6.45) is 0. The smallest absolute Gasteiger partial charge is 0.275 e. The fourth-order valence-electron chi connectivity index (χ4n) is 3.45. The number of halogens is 1. The van der Waals surface area contributed by atoms with Gasteiger partial charge in [0.05, 0.1) is 10.3 Å². The molecule has 0 saturated carbocycles. The molecule has 4 aromatic rings. The quantitative estimate of drug-likeness (QED) is 0.357. The van der Waals surface area contributed by atoms with Crippen LogP contribution in [0.25, 0.3) is 31.4 Å². The van der Waals surface area contributed by atoms with E-state index in [-0.39, 0.29) is 23.9 Å². The Balaban J connectivity index is 0.00000245. The van der Waals surface area contributed by atoms with Gasteiger partial charge in [-0.05, 0) is 60.7 Å². The first-order valence-corrected chi connectivity index (χ1v) is 11.1. The number of carbonyl (C=O) groups is 2. The number of benzene rings is 1. The largest absolute Gasteiger partial charge is 0.508 e. The molecule has 10 heteroatoms. The number of aromatic hydroxyl groups is 1. The van der Waals surface area contributed by atoms with Crippen LogP contribution in [-0.4, -0.2) is 26.9 Å². The first-order chi connectivity index (χ1) is 14.9. The molecule has 3 aromatic heterocycles. The molecule has 3 N–H and O–H groups in total. The lowest BCUT2D eigenvalue weighted by molar-refractivity contribution is -0.124. The van der Waals surface area contributed by atoms with Crippen molar-refractivity contribution in [3.63, 3.8) is 0 Å². The lowest BCUT2D eigenvalue weighted by Crippen LogP contribution is -2.24. The molecule has 0 bridgehead atoms. The molecule has 0 aliphatic carbocycles. The molecular formula is C22H17ClN4O3S2. The Morgan fingerprint density at radius 1 is 1.03 bits per heavy atom.